The minimum atomic E-state index is -2.95. The van der Waals surface area contributed by atoms with E-state index in [1.54, 1.807) is 0 Å². The van der Waals surface area contributed by atoms with Crippen molar-refractivity contribution in [3.63, 3.8) is 0 Å². The van der Waals surface area contributed by atoms with E-state index in [0.717, 1.165) is 12.1 Å². The quantitative estimate of drug-likeness (QED) is 0.909. The first kappa shape index (κ1) is 3.68. The van der Waals surface area contributed by atoms with Gasteiger partial charge in [-0.15, -0.1) is 0 Å². The van der Waals surface area contributed by atoms with Gasteiger partial charge in [0.05, 0.1) is 26.8 Å². The van der Waals surface area contributed by atoms with Crippen LogP contribution in [-0.4, -0.2) is 20.6 Å². The van der Waals surface area contributed by atoms with Crippen LogP contribution in [0.25, 0.3) is 0 Å². The highest BCUT2D eigenvalue weighted by Gasteiger charge is 2.08. The maximum absolute atomic E-state index is 7.86. The molecule has 0 aliphatic carbocycles. The number of rotatable bonds is 4. The fourth-order valence-corrected chi connectivity index (χ4v) is 1.28. The summed E-state index contributed by atoms with van der Waals surface area (Å²) in [5.74, 6) is -0.880. The van der Waals surface area contributed by atoms with E-state index in [2.05, 4.69) is 15.9 Å². The first-order valence-corrected chi connectivity index (χ1v) is 4.24. The van der Waals surface area contributed by atoms with Crippen LogP contribution in [0.15, 0.2) is 16.6 Å². The Balaban J connectivity index is 3.58. The molecular weight excluding hydrogens is 246 g/mol. The molecule has 0 aliphatic rings. The zero-order chi connectivity index (χ0) is 19.1. The van der Waals surface area contributed by atoms with E-state index in [9.17, 15) is 0 Å². The van der Waals surface area contributed by atoms with Crippen LogP contribution in [0, 0.1) is 0 Å². The lowest BCUT2D eigenvalue weighted by molar-refractivity contribution is 0.397. The van der Waals surface area contributed by atoms with Crippen molar-refractivity contribution < 1.29 is 23.2 Å². The number of benzene rings is 1. The molecule has 0 aliphatic heterocycles. The fraction of sp³-hybridized carbons (Fsp3) is 0.400. The number of aryl methyl sites for hydroxylation is 1. The van der Waals surface area contributed by atoms with Gasteiger partial charge in [-0.1, -0.05) is 0 Å². The molecule has 0 amide bonds. The molecule has 0 atom stereocenters. The zero-order valence-corrected chi connectivity index (χ0v) is 8.51. The van der Waals surface area contributed by atoms with E-state index in [-0.39, 0.29) is 10.2 Å². The van der Waals surface area contributed by atoms with Crippen molar-refractivity contribution in [2.75, 3.05) is 20.6 Å². The number of hydrogen-bond donors (Lipinski definition) is 1. The Morgan fingerprint density at radius 2 is 2.14 bits per heavy atom. The molecule has 0 radical (unpaired) electrons. The largest absolute Gasteiger partial charge is 0.496 e. The van der Waals surface area contributed by atoms with E-state index in [1.807, 2.05) is 0 Å². The van der Waals surface area contributed by atoms with Gasteiger partial charge in [0.15, 0.2) is 0 Å². The summed E-state index contributed by atoms with van der Waals surface area (Å²) in [5, 5.41) is 0. The second kappa shape index (κ2) is 5.22. The zero-order valence-electron chi connectivity index (χ0n) is 16.9. The summed E-state index contributed by atoms with van der Waals surface area (Å²) in [7, 11) is -5.81. The van der Waals surface area contributed by atoms with Gasteiger partial charge in [-0.3, -0.25) is 0 Å². The Bertz CT molecular complexity index is 607. The highest BCUT2D eigenvalue weighted by Crippen LogP contribution is 2.32. The Kier molecular flexibility index (Phi) is 1.37. The Morgan fingerprint density at radius 1 is 1.43 bits per heavy atom. The summed E-state index contributed by atoms with van der Waals surface area (Å²) < 4.78 is 82.5. The van der Waals surface area contributed by atoms with Crippen LogP contribution in [0.4, 0.5) is 0 Å². The predicted octanol–water partition coefficient (Wildman–Crippen LogP) is 1.97. The molecule has 1 aromatic rings. The first-order valence-electron chi connectivity index (χ1n) is 8.45. The molecule has 4 heteroatoms. The third kappa shape index (κ3) is 2.39. The summed E-state index contributed by atoms with van der Waals surface area (Å²) in [6.07, 6.45) is -2.90. The molecule has 2 N–H and O–H groups in total. The van der Waals surface area contributed by atoms with Crippen molar-refractivity contribution in [2.24, 2.45) is 5.73 Å². The maximum Gasteiger partial charge on any atom is 0.133 e. The minimum absolute atomic E-state index is 0.0185. The van der Waals surface area contributed by atoms with E-state index >= 15 is 0 Å². The average molecular weight is 270 g/mol. The molecule has 0 fully saturated rings. The highest BCUT2D eigenvalue weighted by molar-refractivity contribution is 9.10. The van der Waals surface area contributed by atoms with Crippen LogP contribution >= 0.6 is 15.9 Å². The van der Waals surface area contributed by atoms with Crippen LogP contribution in [0.1, 0.15) is 19.3 Å². The SMILES string of the molecule is [2H]C([2H])([2H])Oc1cc(C([2H])([2H])C([2H])([2H])N)c(OC([2H])([2H])[2H])cc1Br. The third-order valence-electron chi connectivity index (χ3n) is 1.46. The van der Waals surface area contributed by atoms with Crippen molar-refractivity contribution in [3.05, 3.63) is 22.2 Å². The van der Waals surface area contributed by atoms with Crippen LogP contribution < -0.4 is 15.2 Å². The molecule has 14 heavy (non-hydrogen) atoms. The molecule has 0 saturated carbocycles. The number of halogens is 1. The highest BCUT2D eigenvalue weighted by atomic mass is 79.9. The third-order valence-corrected chi connectivity index (χ3v) is 2.08. The Hall–Kier alpha value is -0.740. The Labute approximate surface area is 106 Å². The summed E-state index contributed by atoms with van der Waals surface area (Å²) in [5.41, 5.74) is 4.59. The van der Waals surface area contributed by atoms with Gasteiger partial charge in [-0.05, 0) is 46.5 Å². The summed E-state index contributed by atoms with van der Waals surface area (Å²) in [4.78, 5) is 0. The molecule has 0 saturated heterocycles. The summed E-state index contributed by atoms with van der Waals surface area (Å²) >= 11 is 2.97. The van der Waals surface area contributed by atoms with Gasteiger partial charge < -0.3 is 15.2 Å². The normalized spacial score (nSPS) is 24.4. The first-order chi connectivity index (χ1) is 10.4. The van der Waals surface area contributed by atoms with Crippen LogP contribution in [0.5, 0.6) is 11.5 Å². The minimum Gasteiger partial charge on any atom is -0.496 e. The smallest absolute Gasteiger partial charge is 0.133 e. The number of methoxy groups -OCH3 is 2. The summed E-state index contributed by atoms with van der Waals surface area (Å²) in [6, 6.07) is 1.81. The van der Waals surface area contributed by atoms with Crippen molar-refractivity contribution in [1.29, 1.82) is 0 Å². The molecule has 0 bridgehead atoms. The second-order valence-electron chi connectivity index (χ2n) is 2.25. The van der Waals surface area contributed by atoms with Crippen molar-refractivity contribution in [1.82, 2.24) is 0 Å². The molecule has 1 rings (SSSR count). The van der Waals surface area contributed by atoms with E-state index in [4.69, 9.17) is 28.9 Å². The van der Waals surface area contributed by atoms with Crippen molar-refractivity contribution in [2.45, 2.75) is 6.37 Å². The molecule has 0 spiro atoms. The molecule has 0 aromatic heterocycles. The molecule has 0 unspecified atom stereocenters. The fourth-order valence-electron chi connectivity index (χ4n) is 0.873. The predicted molar refractivity (Wildman–Crippen MR) is 60.0 cm³/mol. The Morgan fingerprint density at radius 3 is 2.79 bits per heavy atom. The number of ether oxygens (including phenoxy) is 2. The van der Waals surface area contributed by atoms with Gasteiger partial charge in [-0.2, -0.15) is 0 Å². The average Bonchev–Trinajstić information content (AvgIpc) is 2.27. The number of hydrogen-bond acceptors (Lipinski definition) is 3. The standard InChI is InChI=1S/C10H14BrNO2/c1-13-9-6-8(11)10(14-2)5-7(9)3-4-12/h5-6H,3-4,12H2,1-2H3/i1D3,2D3,3D2,4D2. The molecule has 78 valence electrons. The molecule has 1 aromatic carbocycles. The van der Waals surface area contributed by atoms with Gasteiger partial charge in [0.25, 0.3) is 0 Å². The van der Waals surface area contributed by atoms with Gasteiger partial charge in [0.1, 0.15) is 11.5 Å². The van der Waals surface area contributed by atoms with Crippen LogP contribution in [-0.2, 0) is 6.37 Å². The van der Waals surface area contributed by atoms with Gasteiger partial charge in [0.2, 0.25) is 0 Å². The monoisotopic (exact) mass is 269 g/mol. The van der Waals surface area contributed by atoms with Gasteiger partial charge in [0, 0.05) is 5.48 Å². The molecular formula is C10H14BrNO2. The lowest BCUT2D eigenvalue weighted by Gasteiger charge is -2.11. The van der Waals surface area contributed by atoms with Gasteiger partial charge in [-0.25, -0.2) is 0 Å². The van der Waals surface area contributed by atoms with E-state index in [0.29, 0.717) is 0 Å². The summed E-state index contributed by atoms with van der Waals surface area (Å²) in [6.45, 7) is -2.91. The lowest BCUT2D eigenvalue weighted by Crippen LogP contribution is -2.04. The van der Waals surface area contributed by atoms with Crippen LogP contribution in [0.3, 0.4) is 0 Å². The molecule has 3 nitrogen and oxygen atoms in total. The lowest BCUT2D eigenvalue weighted by atomic mass is 10.1. The van der Waals surface area contributed by atoms with Gasteiger partial charge >= 0.3 is 0 Å². The van der Waals surface area contributed by atoms with Crippen molar-refractivity contribution in [3.8, 4) is 11.5 Å². The second-order valence-corrected chi connectivity index (χ2v) is 3.11. The van der Waals surface area contributed by atoms with E-state index < -0.39 is 38.3 Å². The topological polar surface area (TPSA) is 44.5 Å². The van der Waals surface area contributed by atoms with Crippen LogP contribution in [0.2, 0.25) is 0 Å². The van der Waals surface area contributed by atoms with E-state index in [1.165, 1.54) is 0 Å². The maximum atomic E-state index is 7.86. The molecule has 0 heterocycles. The van der Waals surface area contributed by atoms with Crippen molar-refractivity contribution >= 4 is 15.9 Å². The number of nitrogens with two attached hydrogens (primary N) is 1.